The van der Waals surface area contributed by atoms with Gasteiger partial charge in [0.2, 0.25) is 10.0 Å². The van der Waals surface area contributed by atoms with Crippen LogP contribution in [0.5, 0.6) is 0 Å². The lowest BCUT2D eigenvalue weighted by molar-refractivity contribution is -0.140. The van der Waals surface area contributed by atoms with Gasteiger partial charge in [0.05, 0.1) is 6.26 Å². The van der Waals surface area contributed by atoms with Crippen molar-refractivity contribution >= 4 is 16.0 Å². The Labute approximate surface area is 90.1 Å². The fourth-order valence-corrected chi connectivity index (χ4v) is 1.55. The summed E-state index contributed by atoms with van der Waals surface area (Å²) in [4.78, 5) is 10.7. The number of nitrogens with one attached hydrogen (secondary N) is 2. The molecule has 1 atom stereocenters. The zero-order valence-corrected chi connectivity index (χ0v) is 9.97. The number of hydrogen-bond acceptors (Lipinski definition) is 4. The standard InChI is InChI=1S/C8H18N2O4S/c1-6(2)7(8(11)12)9-4-5-10-15(3,13)14/h6-7,9-10H,4-5H2,1-3H3,(H,11,12). The van der Waals surface area contributed by atoms with E-state index in [1.807, 2.05) is 0 Å². The Balaban J connectivity index is 3.88. The van der Waals surface area contributed by atoms with E-state index < -0.39 is 22.0 Å². The average molecular weight is 238 g/mol. The maximum Gasteiger partial charge on any atom is 0.320 e. The molecule has 0 saturated carbocycles. The first-order chi connectivity index (χ1) is 6.74. The second kappa shape index (κ2) is 6.04. The number of carboxylic acids is 1. The summed E-state index contributed by atoms with van der Waals surface area (Å²) < 4.78 is 23.6. The van der Waals surface area contributed by atoms with E-state index in [0.717, 1.165) is 6.26 Å². The molecule has 0 heterocycles. The van der Waals surface area contributed by atoms with Crippen LogP contribution in [-0.2, 0) is 14.8 Å². The van der Waals surface area contributed by atoms with E-state index in [1.165, 1.54) is 0 Å². The molecular weight excluding hydrogens is 220 g/mol. The lowest BCUT2D eigenvalue weighted by Gasteiger charge is -2.17. The van der Waals surface area contributed by atoms with Gasteiger partial charge in [0.25, 0.3) is 0 Å². The average Bonchev–Trinajstić information content (AvgIpc) is 2.00. The quantitative estimate of drug-likeness (QED) is 0.506. The highest BCUT2D eigenvalue weighted by Gasteiger charge is 2.19. The van der Waals surface area contributed by atoms with Gasteiger partial charge in [-0.05, 0) is 5.92 Å². The number of aliphatic carboxylic acids is 1. The number of carboxylic acid groups (broad SMARTS) is 1. The fourth-order valence-electron chi connectivity index (χ4n) is 1.07. The van der Waals surface area contributed by atoms with Crippen molar-refractivity contribution in [2.45, 2.75) is 19.9 Å². The normalized spacial score (nSPS) is 14.1. The third-order valence-electron chi connectivity index (χ3n) is 1.79. The highest BCUT2D eigenvalue weighted by atomic mass is 32.2. The Kier molecular flexibility index (Phi) is 5.77. The van der Waals surface area contributed by atoms with E-state index in [4.69, 9.17) is 5.11 Å². The van der Waals surface area contributed by atoms with Gasteiger partial charge in [-0.25, -0.2) is 13.1 Å². The van der Waals surface area contributed by atoms with Crippen molar-refractivity contribution in [2.24, 2.45) is 5.92 Å². The summed E-state index contributed by atoms with van der Waals surface area (Å²) in [6.07, 6.45) is 1.06. The zero-order valence-electron chi connectivity index (χ0n) is 9.15. The molecule has 0 aliphatic heterocycles. The molecule has 0 saturated heterocycles. The summed E-state index contributed by atoms with van der Waals surface area (Å²) in [6.45, 7) is 4.06. The molecule has 0 aromatic heterocycles. The molecule has 6 nitrogen and oxygen atoms in total. The molecule has 0 aromatic carbocycles. The van der Waals surface area contributed by atoms with E-state index in [2.05, 4.69) is 10.0 Å². The highest BCUT2D eigenvalue weighted by Crippen LogP contribution is 2.00. The number of sulfonamides is 1. The third kappa shape index (κ3) is 7.29. The number of carbonyl (C=O) groups is 1. The SMILES string of the molecule is CC(C)C(NCCNS(C)(=O)=O)C(=O)O. The van der Waals surface area contributed by atoms with Gasteiger partial charge in [-0.3, -0.25) is 4.79 Å². The van der Waals surface area contributed by atoms with Crippen LogP contribution < -0.4 is 10.0 Å². The second-order valence-corrected chi connectivity index (χ2v) is 5.51. The van der Waals surface area contributed by atoms with Crippen molar-refractivity contribution in [1.29, 1.82) is 0 Å². The van der Waals surface area contributed by atoms with Crippen LogP contribution in [0.1, 0.15) is 13.8 Å². The van der Waals surface area contributed by atoms with Gasteiger partial charge >= 0.3 is 5.97 Å². The van der Waals surface area contributed by atoms with Crippen LogP contribution in [0.25, 0.3) is 0 Å². The highest BCUT2D eigenvalue weighted by molar-refractivity contribution is 7.88. The van der Waals surface area contributed by atoms with Crippen molar-refractivity contribution in [1.82, 2.24) is 10.0 Å². The molecule has 0 fully saturated rings. The first kappa shape index (κ1) is 14.3. The molecular formula is C8H18N2O4S. The molecule has 0 spiro atoms. The predicted molar refractivity (Wildman–Crippen MR) is 57.1 cm³/mol. The Morgan fingerprint density at radius 1 is 1.33 bits per heavy atom. The van der Waals surface area contributed by atoms with E-state index >= 15 is 0 Å². The van der Waals surface area contributed by atoms with Gasteiger partial charge < -0.3 is 10.4 Å². The zero-order chi connectivity index (χ0) is 12.1. The molecule has 15 heavy (non-hydrogen) atoms. The van der Waals surface area contributed by atoms with Crippen molar-refractivity contribution in [3.63, 3.8) is 0 Å². The fraction of sp³-hybridized carbons (Fsp3) is 0.875. The van der Waals surface area contributed by atoms with Crippen molar-refractivity contribution in [3.05, 3.63) is 0 Å². The van der Waals surface area contributed by atoms with Gasteiger partial charge in [-0.2, -0.15) is 0 Å². The number of hydrogen-bond donors (Lipinski definition) is 3. The van der Waals surface area contributed by atoms with Crippen molar-refractivity contribution in [3.8, 4) is 0 Å². The number of rotatable bonds is 7. The van der Waals surface area contributed by atoms with Crippen LogP contribution in [-0.4, -0.2) is 44.9 Å². The largest absolute Gasteiger partial charge is 0.480 e. The molecule has 0 amide bonds. The van der Waals surface area contributed by atoms with Crippen LogP contribution in [0.15, 0.2) is 0 Å². The molecule has 1 unspecified atom stereocenters. The Morgan fingerprint density at radius 3 is 2.20 bits per heavy atom. The first-order valence-corrected chi connectivity index (χ1v) is 6.54. The van der Waals surface area contributed by atoms with E-state index in [1.54, 1.807) is 13.8 Å². The van der Waals surface area contributed by atoms with Crippen LogP contribution in [0.4, 0.5) is 0 Å². The Bertz CT molecular complexity index is 300. The monoisotopic (exact) mass is 238 g/mol. The van der Waals surface area contributed by atoms with E-state index in [0.29, 0.717) is 6.54 Å². The smallest absolute Gasteiger partial charge is 0.320 e. The summed E-state index contributed by atoms with van der Waals surface area (Å²) in [5.74, 6) is -0.968. The summed E-state index contributed by atoms with van der Waals surface area (Å²) in [5.41, 5.74) is 0. The minimum absolute atomic E-state index is 0.0410. The second-order valence-electron chi connectivity index (χ2n) is 3.68. The van der Waals surface area contributed by atoms with Crippen LogP contribution in [0, 0.1) is 5.92 Å². The van der Waals surface area contributed by atoms with Crippen LogP contribution in [0.2, 0.25) is 0 Å². The van der Waals surface area contributed by atoms with Crippen molar-refractivity contribution < 1.29 is 18.3 Å². The topological polar surface area (TPSA) is 95.5 Å². The molecule has 0 rings (SSSR count). The van der Waals surface area contributed by atoms with E-state index in [9.17, 15) is 13.2 Å². The molecule has 3 N–H and O–H groups in total. The van der Waals surface area contributed by atoms with Gasteiger partial charge in [-0.15, -0.1) is 0 Å². The van der Waals surface area contributed by atoms with Crippen molar-refractivity contribution in [2.75, 3.05) is 19.3 Å². The van der Waals surface area contributed by atoms with Gasteiger partial charge in [-0.1, -0.05) is 13.8 Å². The molecule has 0 aliphatic carbocycles. The summed E-state index contributed by atoms with van der Waals surface area (Å²) in [5, 5.41) is 11.6. The maximum absolute atomic E-state index is 10.7. The van der Waals surface area contributed by atoms with Gasteiger partial charge in [0, 0.05) is 13.1 Å². The Hall–Kier alpha value is -0.660. The Morgan fingerprint density at radius 2 is 1.87 bits per heavy atom. The van der Waals surface area contributed by atoms with Gasteiger partial charge in [0.1, 0.15) is 6.04 Å². The minimum atomic E-state index is -3.20. The molecule has 0 radical (unpaired) electrons. The molecule has 0 aliphatic rings. The molecule has 0 bridgehead atoms. The maximum atomic E-state index is 10.7. The molecule has 90 valence electrons. The predicted octanol–water partition coefficient (Wildman–Crippen LogP) is -0.766. The molecule has 7 heteroatoms. The lowest BCUT2D eigenvalue weighted by Crippen LogP contribution is -2.44. The summed E-state index contributed by atoms with van der Waals surface area (Å²) >= 11 is 0. The van der Waals surface area contributed by atoms with Crippen LogP contribution >= 0.6 is 0 Å². The lowest BCUT2D eigenvalue weighted by atomic mass is 10.1. The van der Waals surface area contributed by atoms with E-state index in [-0.39, 0.29) is 12.5 Å². The van der Waals surface area contributed by atoms with Gasteiger partial charge in [0.15, 0.2) is 0 Å². The minimum Gasteiger partial charge on any atom is -0.480 e. The summed E-state index contributed by atoms with van der Waals surface area (Å²) in [6, 6.07) is -0.647. The van der Waals surface area contributed by atoms with Crippen LogP contribution in [0.3, 0.4) is 0 Å². The first-order valence-electron chi connectivity index (χ1n) is 4.65. The third-order valence-corrected chi connectivity index (χ3v) is 2.51. The molecule has 0 aromatic rings. The summed E-state index contributed by atoms with van der Waals surface area (Å²) in [7, 11) is -3.20.